The summed E-state index contributed by atoms with van der Waals surface area (Å²) in [5, 5.41) is 0. The highest BCUT2D eigenvalue weighted by atomic mass is 16.5. The minimum Gasteiger partial charge on any atom is -0.410 e. The van der Waals surface area contributed by atoms with Crippen molar-refractivity contribution in [1.82, 2.24) is 0 Å². The molecule has 11 rings (SSSR count). The predicted octanol–water partition coefficient (Wildman–Crippen LogP) is 17.4. The Bertz CT molecular complexity index is 3500. The normalized spacial score (nSPS) is 19.3. The molecule has 0 amide bonds. The lowest BCUT2D eigenvalue weighted by Gasteiger charge is -2.49. The van der Waals surface area contributed by atoms with Crippen LogP contribution < -0.4 is 19.1 Å². The van der Waals surface area contributed by atoms with E-state index in [2.05, 4.69) is 183 Å². The van der Waals surface area contributed by atoms with E-state index in [4.69, 9.17) is 7.48 Å². The van der Waals surface area contributed by atoms with Crippen LogP contribution in [0.15, 0.2) is 121 Å². The van der Waals surface area contributed by atoms with Crippen molar-refractivity contribution in [2.45, 2.75) is 163 Å². The Morgan fingerprint density at radius 2 is 1.19 bits per heavy atom. The summed E-state index contributed by atoms with van der Waals surface area (Å²) in [6.45, 7) is 32.0. The number of para-hydroxylation sites is 1. The molecule has 2 atom stereocenters. The summed E-state index contributed by atoms with van der Waals surface area (Å²) < 4.78 is 56.9. The highest BCUT2D eigenvalue weighted by Gasteiger charge is 2.70. The zero-order chi connectivity index (χ0) is 54.3. The third kappa shape index (κ3) is 6.85. The van der Waals surface area contributed by atoms with Gasteiger partial charge in [-0.1, -0.05) is 178 Å². The van der Waals surface area contributed by atoms with Gasteiger partial charge >= 0.3 is 5.85 Å². The molecule has 2 unspecified atom stereocenters. The summed E-state index contributed by atoms with van der Waals surface area (Å²) in [4.78, 5) is 4.78. The Kier molecular flexibility index (Phi) is 8.81. The van der Waals surface area contributed by atoms with Crippen molar-refractivity contribution in [2.75, 3.05) is 9.80 Å². The largest absolute Gasteiger partial charge is 0.432 e. The molecule has 4 heteroatoms. The second kappa shape index (κ2) is 15.2. The first-order valence-electron chi connectivity index (χ1n) is 27.9. The lowest BCUT2D eigenvalue weighted by Crippen LogP contribution is -2.71. The third-order valence-corrected chi connectivity index (χ3v) is 15.6. The van der Waals surface area contributed by atoms with E-state index in [9.17, 15) is 4.11 Å². The lowest BCUT2D eigenvalue weighted by atomic mass is 9.77. The van der Waals surface area contributed by atoms with E-state index >= 15 is 0 Å². The molecule has 358 valence electrons. The van der Waals surface area contributed by atoms with Crippen molar-refractivity contribution in [3.05, 3.63) is 172 Å². The second-order valence-corrected chi connectivity index (χ2v) is 25.2. The number of rotatable bonds is 5. The number of aryl methyl sites for hydroxylation is 1. The fourth-order valence-electron chi connectivity index (χ4n) is 11.5. The van der Waals surface area contributed by atoms with Crippen molar-refractivity contribution in [3.63, 3.8) is 0 Å². The van der Waals surface area contributed by atoms with E-state index in [0.29, 0.717) is 5.69 Å². The van der Waals surface area contributed by atoms with E-state index in [1.807, 2.05) is 64.1 Å². The highest BCUT2D eigenvalue weighted by molar-refractivity contribution is 6.02. The van der Waals surface area contributed by atoms with E-state index < -0.39 is 30.7 Å². The summed E-state index contributed by atoms with van der Waals surface area (Å²) in [5.74, 6) is -2.31. The van der Waals surface area contributed by atoms with Crippen LogP contribution in [-0.4, -0.2) is 0 Å². The molecule has 0 N–H and O–H groups in total. The summed E-state index contributed by atoms with van der Waals surface area (Å²) >= 11 is 0. The zero-order valence-electron chi connectivity index (χ0n) is 49.4. The van der Waals surface area contributed by atoms with Crippen LogP contribution in [0.1, 0.15) is 186 Å². The minimum absolute atomic E-state index is 0.0246. The van der Waals surface area contributed by atoms with Crippen LogP contribution >= 0.6 is 0 Å². The van der Waals surface area contributed by atoms with Crippen LogP contribution in [0, 0.1) is 6.85 Å². The molecule has 1 spiro atoms. The molecule has 7 aromatic rings. The van der Waals surface area contributed by atoms with Gasteiger partial charge in [-0.25, -0.2) is 4.90 Å². The summed E-state index contributed by atoms with van der Waals surface area (Å²) in [7, 11) is 0. The van der Waals surface area contributed by atoms with Gasteiger partial charge in [-0.3, -0.25) is 0 Å². The number of pyridine rings is 1. The fourth-order valence-corrected chi connectivity index (χ4v) is 11.5. The van der Waals surface area contributed by atoms with E-state index in [0.717, 1.165) is 89.6 Å². The Morgan fingerprint density at radius 3 is 1.80 bits per heavy atom. The second-order valence-electron chi connectivity index (χ2n) is 25.2. The molecule has 0 radical (unpaired) electrons. The van der Waals surface area contributed by atoms with Crippen LogP contribution in [0.25, 0.3) is 44.6 Å². The first-order valence-corrected chi connectivity index (χ1v) is 25.4. The van der Waals surface area contributed by atoms with Gasteiger partial charge < -0.3 is 9.64 Å². The molecule has 6 aromatic carbocycles. The van der Waals surface area contributed by atoms with Gasteiger partial charge in [0.25, 0.3) is 0 Å². The molecule has 4 nitrogen and oxygen atoms in total. The molecule has 4 aliphatic heterocycles. The Balaban J connectivity index is 1.24. The topological polar surface area (TPSA) is 19.6 Å². The number of fused-ring (bicyclic) bond motifs is 5. The van der Waals surface area contributed by atoms with Crippen LogP contribution in [0.3, 0.4) is 0 Å². The number of anilines is 3. The summed E-state index contributed by atoms with van der Waals surface area (Å²) in [5.41, 5.74) is 18.4. The summed E-state index contributed by atoms with van der Waals surface area (Å²) in [6, 6.07) is 41.4. The number of hydrogen-bond donors (Lipinski definition) is 0. The van der Waals surface area contributed by atoms with Crippen molar-refractivity contribution in [3.8, 4) is 50.4 Å². The molecule has 0 saturated heterocycles. The predicted molar refractivity (Wildman–Crippen MR) is 294 cm³/mol. The molecule has 1 aromatic heterocycles. The van der Waals surface area contributed by atoms with Crippen molar-refractivity contribution < 1.29 is 16.2 Å². The molecule has 0 saturated carbocycles. The van der Waals surface area contributed by atoms with E-state index in [1.165, 1.54) is 16.7 Å². The lowest BCUT2D eigenvalue weighted by molar-refractivity contribution is -0.774. The number of aromatic nitrogens is 1. The maximum Gasteiger partial charge on any atom is 0.432 e. The van der Waals surface area contributed by atoms with Crippen molar-refractivity contribution in [2.24, 2.45) is 0 Å². The molecular weight excluding hydrogens is 851 g/mol. The van der Waals surface area contributed by atoms with Crippen LogP contribution in [-0.2, 0) is 27.5 Å². The number of benzene rings is 6. The van der Waals surface area contributed by atoms with E-state index in [1.54, 1.807) is 0 Å². The van der Waals surface area contributed by atoms with Gasteiger partial charge in [0.2, 0.25) is 5.69 Å². The Hall–Kier alpha value is -6.13. The Morgan fingerprint density at radius 1 is 0.571 bits per heavy atom. The van der Waals surface area contributed by atoms with Gasteiger partial charge in [-0.15, -0.1) is 4.57 Å². The smallest absolute Gasteiger partial charge is 0.410 e. The van der Waals surface area contributed by atoms with Gasteiger partial charge in [0.05, 0.1) is 16.9 Å². The number of nitrogens with zero attached hydrogens (tertiary/aromatic N) is 3. The molecule has 0 aliphatic carbocycles. The first kappa shape index (κ1) is 40.6. The molecule has 4 aliphatic rings. The number of hydrogen-bond acceptors (Lipinski definition) is 3. The standard InChI is InChI=1S/C66H74N3O/c1-38(2)44-30-45(39(3)4)32-46(31-44)42-23-26-55(40(5)29-42)68-56-20-18-19-50-51-34-48(63(9,10)11)35-52-57-33-43(41-21-24-47(25-22-41)62(6,7)8)27-28-67(57)66(58(51)52)69(59(50)56)61(68)53-36-49(64(12,13)14)37-54(60(53)70-66)65(15,16)17/h18-39,61H,1-17H3/q+1/i5D3,38D,39D. The molecule has 0 bridgehead atoms. The average molecular weight is 930 g/mol. The summed E-state index contributed by atoms with van der Waals surface area (Å²) in [6.07, 6.45) is 1.66. The zero-order valence-corrected chi connectivity index (χ0v) is 44.4. The van der Waals surface area contributed by atoms with Crippen molar-refractivity contribution in [1.29, 1.82) is 0 Å². The van der Waals surface area contributed by atoms with Crippen LogP contribution in [0.4, 0.5) is 17.1 Å². The van der Waals surface area contributed by atoms with Crippen LogP contribution in [0.2, 0.25) is 0 Å². The quantitative estimate of drug-likeness (QED) is 0.160. The first-order chi connectivity index (χ1) is 34.6. The van der Waals surface area contributed by atoms with Gasteiger partial charge in [-0.2, -0.15) is 0 Å². The van der Waals surface area contributed by atoms with Gasteiger partial charge in [0, 0.05) is 46.9 Å². The van der Waals surface area contributed by atoms with E-state index in [-0.39, 0.29) is 27.2 Å². The monoisotopic (exact) mass is 930 g/mol. The van der Waals surface area contributed by atoms with Gasteiger partial charge in [0.1, 0.15) is 17.5 Å². The number of ether oxygens (including phenoxy) is 1. The average Bonchev–Trinajstić information content (AvgIpc) is 4.04. The molecule has 0 fully saturated rings. The molecular formula is C66H74N3O+. The minimum atomic E-state index is -2.54. The maximum absolute atomic E-state index is 9.41. The van der Waals surface area contributed by atoms with Crippen LogP contribution in [0.5, 0.6) is 5.75 Å². The third-order valence-electron chi connectivity index (χ3n) is 15.6. The van der Waals surface area contributed by atoms with Crippen molar-refractivity contribution >= 4 is 17.1 Å². The fraction of sp³-hybridized carbons (Fsp3) is 0.379. The Labute approximate surface area is 426 Å². The van der Waals surface area contributed by atoms with Gasteiger partial charge in [0.15, 0.2) is 6.20 Å². The SMILES string of the molecule is [2H]C([2H])([2H])c1cc(-c2cc(C([2H])(C)C)cc(C([2H])(C)C)c2)ccc1N1c2cccc3c2N2C1c1cc(C(C)(C)C)cc(C(C)(C)C)c1OC21c2c-3cc(C(C)(C)C)cc2-c2cc(-c3ccc(C(C)(C)C)cc3)cc[n+]21. The molecule has 5 heterocycles. The highest BCUT2D eigenvalue weighted by Crippen LogP contribution is 2.68. The maximum atomic E-state index is 9.41. The molecule has 70 heavy (non-hydrogen) atoms. The van der Waals surface area contributed by atoms with Gasteiger partial charge in [-0.05, 0) is 132 Å².